The molecular weight excluding hydrogens is 306 g/mol. The topological polar surface area (TPSA) is 64.8 Å². The second-order valence-corrected chi connectivity index (χ2v) is 5.54. The van der Waals surface area contributed by atoms with Gasteiger partial charge in [0.25, 0.3) is 11.8 Å². The number of nitrogens with zero attached hydrogens (tertiary/aromatic N) is 1. The van der Waals surface area contributed by atoms with Crippen molar-refractivity contribution in [1.82, 2.24) is 4.90 Å². The highest BCUT2D eigenvalue weighted by Gasteiger charge is 2.45. The molecule has 1 aromatic carbocycles. The van der Waals surface area contributed by atoms with Gasteiger partial charge in [-0.05, 0) is 37.5 Å². The molecule has 1 amide bonds. The van der Waals surface area contributed by atoms with Gasteiger partial charge in [0.2, 0.25) is 0 Å². The first-order valence-electron chi connectivity index (χ1n) is 7.55. The highest BCUT2D eigenvalue weighted by Crippen LogP contribution is 2.33. The minimum atomic E-state index is -3.11. The molecule has 0 aromatic heterocycles. The number of ether oxygens (including phenoxy) is 2. The molecule has 0 bridgehead atoms. The number of hydrogen-bond acceptors (Lipinski definition) is 4. The van der Waals surface area contributed by atoms with E-state index in [4.69, 9.17) is 15.2 Å². The van der Waals surface area contributed by atoms with Crippen LogP contribution in [0.5, 0.6) is 11.5 Å². The van der Waals surface area contributed by atoms with Crippen LogP contribution in [0.15, 0.2) is 18.2 Å². The summed E-state index contributed by atoms with van der Waals surface area (Å²) in [4.78, 5) is 14.1. The maximum atomic E-state index is 14.1. The van der Waals surface area contributed by atoms with Crippen molar-refractivity contribution in [1.29, 1.82) is 0 Å². The fourth-order valence-electron chi connectivity index (χ4n) is 2.89. The van der Waals surface area contributed by atoms with Crippen LogP contribution >= 0.6 is 0 Å². The third-order valence-electron chi connectivity index (χ3n) is 4.16. The third kappa shape index (κ3) is 3.55. The number of methoxy groups -OCH3 is 2. The Kier molecular flexibility index (Phi) is 5.41. The molecule has 1 aliphatic heterocycles. The lowest BCUT2D eigenvalue weighted by molar-refractivity contribution is -0.0763. The molecule has 128 valence electrons. The fourth-order valence-corrected chi connectivity index (χ4v) is 2.89. The van der Waals surface area contributed by atoms with E-state index < -0.39 is 24.4 Å². The quantitative estimate of drug-likeness (QED) is 0.901. The number of halogens is 2. The number of nitrogens with two attached hydrogens (primary N) is 1. The number of rotatable bonds is 5. The van der Waals surface area contributed by atoms with Crippen LogP contribution in [0.25, 0.3) is 0 Å². The second-order valence-electron chi connectivity index (χ2n) is 5.54. The van der Waals surface area contributed by atoms with E-state index in [1.54, 1.807) is 12.1 Å². The summed E-state index contributed by atoms with van der Waals surface area (Å²) in [6.45, 7) is -0.504. The van der Waals surface area contributed by atoms with Gasteiger partial charge in [-0.2, -0.15) is 0 Å². The van der Waals surface area contributed by atoms with E-state index in [0.29, 0.717) is 24.3 Å². The first kappa shape index (κ1) is 17.5. The predicted molar refractivity (Wildman–Crippen MR) is 82.2 cm³/mol. The largest absolute Gasteiger partial charge is 0.497 e. The van der Waals surface area contributed by atoms with Crippen molar-refractivity contribution in [3.8, 4) is 11.5 Å². The first-order chi connectivity index (χ1) is 10.9. The molecule has 2 rings (SSSR count). The molecule has 1 heterocycles. The van der Waals surface area contributed by atoms with Gasteiger partial charge in [-0.1, -0.05) is 0 Å². The van der Waals surface area contributed by atoms with Gasteiger partial charge < -0.3 is 20.1 Å². The zero-order chi connectivity index (χ0) is 17.0. The van der Waals surface area contributed by atoms with Gasteiger partial charge in [0.15, 0.2) is 0 Å². The van der Waals surface area contributed by atoms with E-state index in [1.807, 2.05) is 0 Å². The van der Waals surface area contributed by atoms with Gasteiger partial charge in [0.1, 0.15) is 11.5 Å². The van der Waals surface area contributed by atoms with Crippen molar-refractivity contribution < 1.29 is 23.0 Å². The summed E-state index contributed by atoms with van der Waals surface area (Å²) in [6, 6.07) is 3.56. The van der Waals surface area contributed by atoms with Crippen molar-refractivity contribution >= 4 is 5.91 Å². The maximum Gasteiger partial charge on any atom is 0.280 e. The van der Waals surface area contributed by atoms with Crippen LogP contribution < -0.4 is 15.2 Å². The highest BCUT2D eigenvalue weighted by molar-refractivity contribution is 5.97. The predicted octanol–water partition coefficient (Wildman–Crippen LogP) is 2.29. The summed E-state index contributed by atoms with van der Waals surface area (Å²) in [6.07, 6.45) is 1.58. The Labute approximate surface area is 134 Å². The van der Waals surface area contributed by atoms with Gasteiger partial charge >= 0.3 is 0 Å². The number of alkyl halides is 2. The number of carbonyl (C=O) groups is 1. The Morgan fingerprint density at radius 2 is 2.09 bits per heavy atom. The average molecular weight is 328 g/mol. The van der Waals surface area contributed by atoms with E-state index in [0.717, 1.165) is 0 Å². The molecule has 1 saturated heterocycles. The Bertz CT molecular complexity index is 566. The van der Waals surface area contributed by atoms with Crippen LogP contribution in [0.2, 0.25) is 0 Å². The minimum absolute atomic E-state index is 0.214. The summed E-state index contributed by atoms with van der Waals surface area (Å²) >= 11 is 0. The average Bonchev–Trinajstić information content (AvgIpc) is 2.60. The second kappa shape index (κ2) is 7.12. The van der Waals surface area contributed by atoms with Crippen molar-refractivity contribution in [2.45, 2.75) is 31.2 Å². The molecule has 0 aliphatic carbocycles. The molecule has 1 fully saturated rings. The molecule has 1 aliphatic rings. The van der Waals surface area contributed by atoms with E-state index in [2.05, 4.69) is 0 Å². The Morgan fingerprint density at radius 3 is 2.70 bits per heavy atom. The van der Waals surface area contributed by atoms with Crippen molar-refractivity contribution in [2.24, 2.45) is 5.73 Å². The molecule has 0 spiro atoms. The van der Waals surface area contributed by atoms with E-state index in [1.165, 1.54) is 25.2 Å². The van der Waals surface area contributed by atoms with Crippen molar-refractivity contribution in [3.63, 3.8) is 0 Å². The summed E-state index contributed by atoms with van der Waals surface area (Å²) < 4.78 is 38.5. The highest BCUT2D eigenvalue weighted by atomic mass is 19.3. The third-order valence-corrected chi connectivity index (χ3v) is 4.16. The van der Waals surface area contributed by atoms with E-state index in [9.17, 15) is 13.6 Å². The monoisotopic (exact) mass is 328 g/mol. The fraction of sp³-hybridized carbons (Fsp3) is 0.562. The Hall–Kier alpha value is -1.89. The number of likely N-dealkylation sites (tertiary alicyclic amines) is 1. The van der Waals surface area contributed by atoms with Crippen LogP contribution in [-0.2, 0) is 0 Å². The summed E-state index contributed by atoms with van der Waals surface area (Å²) in [7, 11) is 2.91. The standard InChI is InChI=1S/C16H22F2N2O3/c1-22-11-6-7-13(23-2)12(9-11)15(21)20-8-4-3-5-14(20)16(17,18)10-19/h6-7,9,14H,3-5,8,10,19H2,1-2H3. The Morgan fingerprint density at radius 1 is 1.35 bits per heavy atom. The van der Waals surface area contributed by atoms with Crippen LogP contribution in [0.1, 0.15) is 29.6 Å². The summed E-state index contributed by atoms with van der Waals surface area (Å²) in [5, 5.41) is 0. The van der Waals surface area contributed by atoms with Gasteiger partial charge in [-0.25, -0.2) is 8.78 Å². The van der Waals surface area contributed by atoms with Crippen molar-refractivity contribution in [3.05, 3.63) is 23.8 Å². The number of hydrogen-bond donors (Lipinski definition) is 1. The van der Waals surface area contributed by atoms with Crippen LogP contribution in [0.4, 0.5) is 8.78 Å². The molecule has 1 aromatic rings. The van der Waals surface area contributed by atoms with E-state index >= 15 is 0 Å². The van der Waals surface area contributed by atoms with Gasteiger partial charge in [-0.15, -0.1) is 0 Å². The van der Waals surface area contributed by atoms with Crippen LogP contribution in [0, 0.1) is 0 Å². The molecule has 0 radical (unpaired) electrons. The smallest absolute Gasteiger partial charge is 0.280 e. The lowest BCUT2D eigenvalue weighted by Crippen LogP contribution is -2.55. The molecule has 5 nitrogen and oxygen atoms in total. The molecule has 7 heteroatoms. The number of carbonyl (C=O) groups excluding carboxylic acids is 1. The zero-order valence-electron chi connectivity index (χ0n) is 13.4. The maximum absolute atomic E-state index is 14.1. The molecule has 23 heavy (non-hydrogen) atoms. The van der Waals surface area contributed by atoms with Gasteiger partial charge in [0, 0.05) is 6.54 Å². The lowest BCUT2D eigenvalue weighted by atomic mass is 9.95. The van der Waals surface area contributed by atoms with Crippen LogP contribution in [-0.4, -0.2) is 50.1 Å². The van der Waals surface area contributed by atoms with Gasteiger partial charge in [0.05, 0.1) is 32.4 Å². The van der Waals surface area contributed by atoms with Gasteiger partial charge in [-0.3, -0.25) is 4.79 Å². The Balaban J connectivity index is 2.37. The zero-order valence-corrected chi connectivity index (χ0v) is 13.4. The van der Waals surface area contributed by atoms with Crippen LogP contribution in [0.3, 0.4) is 0 Å². The SMILES string of the molecule is COc1ccc(OC)c(C(=O)N2CCCCC2C(F)(F)CN)c1. The first-order valence-corrected chi connectivity index (χ1v) is 7.55. The molecule has 1 unspecified atom stereocenters. The summed E-state index contributed by atoms with van der Waals surface area (Å²) in [5.74, 6) is -2.80. The van der Waals surface area contributed by atoms with Crippen molar-refractivity contribution in [2.75, 3.05) is 27.3 Å². The number of benzene rings is 1. The molecule has 2 N–H and O–H groups in total. The number of amides is 1. The minimum Gasteiger partial charge on any atom is -0.497 e. The van der Waals surface area contributed by atoms with E-state index in [-0.39, 0.29) is 18.5 Å². The molecular formula is C16H22F2N2O3. The molecule has 1 atom stereocenters. The lowest BCUT2D eigenvalue weighted by Gasteiger charge is -2.39. The number of piperidine rings is 1. The normalized spacial score (nSPS) is 18.7. The molecule has 0 saturated carbocycles. The summed E-state index contributed by atoms with van der Waals surface area (Å²) in [5.41, 5.74) is 5.42.